The van der Waals surface area contributed by atoms with E-state index in [0.717, 1.165) is 43.6 Å². The van der Waals surface area contributed by atoms with Gasteiger partial charge in [-0.3, -0.25) is 9.55 Å². The van der Waals surface area contributed by atoms with Crippen LogP contribution < -0.4 is 0 Å². The third kappa shape index (κ3) is 3.69. The third-order valence-corrected chi connectivity index (χ3v) is 9.34. The molecule has 0 bridgehead atoms. The second kappa shape index (κ2) is 9.51. The first kappa shape index (κ1) is 24.1. The van der Waals surface area contributed by atoms with E-state index >= 15 is 0 Å². The Bertz CT molecular complexity index is 2440. The van der Waals surface area contributed by atoms with Crippen molar-refractivity contribution < 1.29 is 0 Å². The number of pyridine rings is 1. The fraction of sp³-hybridized carbons (Fsp3) is 0. The number of fused-ring (bicyclic) bond motifs is 6. The van der Waals surface area contributed by atoms with Crippen LogP contribution in [-0.4, -0.2) is 19.1 Å². The summed E-state index contributed by atoms with van der Waals surface area (Å²) >= 11 is 1.74. The van der Waals surface area contributed by atoms with Crippen molar-refractivity contribution in [2.45, 2.75) is 0 Å². The first-order chi connectivity index (χ1) is 21.3. The largest absolute Gasteiger partial charge is 0.308 e. The Morgan fingerprint density at radius 3 is 1.77 bits per heavy atom. The minimum Gasteiger partial charge on any atom is -0.308 e. The van der Waals surface area contributed by atoms with Crippen LogP contribution in [0.2, 0.25) is 0 Å². The van der Waals surface area contributed by atoms with Crippen molar-refractivity contribution in [3.05, 3.63) is 146 Å². The van der Waals surface area contributed by atoms with E-state index in [1.807, 2.05) is 18.5 Å². The van der Waals surface area contributed by atoms with Gasteiger partial charge in [-0.25, -0.2) is 4.98 Å². The maximum Gasteiger partial charge on any atom is 0.129 e. The van der Waals surface area contributed by atoms with E-state index in [9.17, 15) is 0 Å². The van der Waals surface area contributed by atoms with E-state index in [1.54, 1.807) is 11.3 Å². The summed E-state index contributed by atoms with van der Waals surface area (Å²) in [6, 6.07) is 47.2. The van der Waals surface area contributed by atoms with Gasteiger partial charge in [-0.1, -0.05) is 108 Å². The van der Waals surface area contributed by atoms with Crippen molar-refractivity contribution in [1.82, 2.24) is 19.1 Å². The van der Waals surface area contributed by atoms with E-state index in [0.29, 0.717) is 0 Å². The van der Waals surface area contributed by atoms with Gasteiger partial charge in [0, 0.05) is 38.9 Å². The van der Waals surface area contributed by atoms with Gasteiger partial charge in [0.2, 0.25) is 0 Å². The summed E-state index contributed by atoms with van der Waals surface area (Å²) in [5.74, 6) is 0. The molecule has 0 N–H and O–H groups in total. The molecule has 0 unspecified atom stereocenters. The highest BCUT2D eigenvalue weighted by Gasteiger charge is 2.22. The number of benzene rings is 5. The zero-order valence-corrected chi connectivity index (χ0v) is 23.9. The van der Waals surface area contributed by atoms with Gasteiger partial charge in [0.15, 0.2) is 0 Å². The number of para-hydroxylation sites is 2. The number of nitrogens with zero attached hydrogens (tertiary/aromatic N) is 4. The fourth-order valence-electron chi connectivity index (χ4n) is 6.37. The van der Waals surface area contributed by atoms with Crippen LogP contribution >= 0.6 is 11.3 Å². The molecule has 4 aromatic heterocycles. The molecule has 0 radical (unpaired) electrons. The van der Waals surface area contributed by atoms with Crippen molar-refractivity contribution >= 4 is 54.9 Å². The number of rotatable bonds is 4. The van der Waals surface area contributed by atoms with Crippen LogP contribution in [0.4, 0.5) is 0 Å². The van der Waals surface area contributed by atoms with E-state index in [4.69, 9.17) is 4.98 Å². The van der Waals surface area contributed by atoms with Crippen LogP contribution in [0.15, 0.2) is 146 Å². The highest BCUT2D eigenvalue weighted by Crippen LogP contribution is 2.43. The Kier molecular flexibility index (Phi) is 5.33. The minimum absolute atomic E-state index is 0.986. The normalized spacial score (nSPS) is 11.7. The van der Waals surface area contributed by atoms with Gasteiger partial charge in [-0.15, -0.1) is 0 Å². The summed E-state index contributed by atoms with van der Waals surface area (Å²) in [5.41, 5.74) is 8.90. The SMILES string of the molecule is c1ccc(-c2nc(-c3ccccc3)c(-n3c4ccccc4c4cc5c6ccccc6n(-c6cccnc6)c5cc43)s2)cc1. The quantitative estimate of drug-likeness (QED) is 0.212. The smallest absolute Gasteiger partial charge is 0.129 e. The van der Waals surface area contributed by atoms with E-state index in [1.165, 1.54) is 32.6 Å². The molecule has 0 saturated heterocycles. The van der Waals surface area contributed by atoms with Gasteiger partial charge >= 0.3 is 0 Å². The maximum absolute atomic E-state index is 5.27. The molecular weight excluding hydrogens is 545 g/mol. The van der Waals surface area contributed by atoms with Crippen molar-refractivity contribution in [2.75, 3.05) is 0 Å². The molecule has 5 heteroatoms. The van der Waals surface area contributed by atoms with Crippen molar-refractivity contribution in [3.63, 3.8) is 0 Å². The predicted molar refractivity (Wildman–Crippen MR) is 179 cm³/mol. The highest BCUT2D eigenvalue weighted by atomic mass is 32.1. The predicted octanol–water partition coefficient (Wildman–Crippen LogP) is 10.1. The molecule has 9 aromatic rings. The molecule has 0 aliphatic heterocycles. The standard InChI is InChI=1S/C38H24N4S/c1-3-12-25(13-4-1)36-38(43-37(40-36)26-14-5-2-6-15-26)42-33-20-10-8-18-29(33)31-22-30-28-17-7-9-19-32(28)41(34(30)23-35(31)42)27-16-11-21-39-24-27/h1-24H. The summed E-state index contributed by atoms with van der Waals surface area (Å²) in [6.45, 7) is 0. The first-order valence-electron chi connectivity index (χ1n) is 14.3. The van der Waals surface area contributed by atoms with Crippen LogP contribution in [0.25, 0.3) is 76.1 Å². The van der Waals surface area contributed by atoms with Gasteiger partial charge in [0.25, 0.3) is 0 Å². The summed E-state index contributed by atoms with van der Waals surface area (Å²) < 4.78 is 4.75. The Labute approximate surface area is 251 Å². The van der Waals surface area contributed by atoms with Crippen molar-refractivity contribution in [3.8, 4) is 32.5 Å². The lowest BCUT2D eigenvalue weighted by atomic mass is 10.1. The minimum atomic E-state index is 0.986. The molecule has 0 fully saturated rings. The Hall–Kier alpha value is -5.52. The topological polar surface area (TPSA) is 35.6 Å². The number of hydrogen-bond acceptors (Lipinski definition) is 3. The molecule has 0 spiro atoms. The highest BCUT2D eigenvalue weighted by molar-refractivity contribution is 7.18. The lowest BCUT2D eigenvalue weighted by molar-refractivity contribution is 1.14. The number of thiazole rings is 1. The molecule has 0 atom stereocenters. The lowest BCUT2D eigenvalue weighted by Crippen LogP contribution is -1.96. The second-order valence-corrected chi connectivity index (χ2v) is 11.7. The Morgan fingerprint density at radius 1 is 0.488 bits per heavy atom. The van der Waals surface area contributed by atoms with Crippen LogP contribution in [0.1, 0.15) is 0 Å². The van der Waals surface area contributed by atoms with E-state index in [2.05, 4.69) is 142 Å². The molecular formula is C38H24N4S. The van der Waals surface area contributed by atoms with Gasteiger partial charge < -0.3 is 4.57 Å². The molecule has 0 amide bonds. The average Bonchev–Trinajstić information content (AvgIpc) is 3.75. The van der Waals surface area contributed by atoms with Crippen LogP contribution in [-0.2, 0) is 0 Å². The van der Waals surface area contributed by atoms with Crippen LogP contribution in [0.5, 0.6) is 0 Å². The van der Waals surface area contributed by atoms with Crippen molar-refractivity contribution in [2.24, 2.45) is 0 Å². The van der Waals surface area contributed by atoms with E-state index < -0.39 is 0 Å². The second-order valence-electron chi connectivity index (χ2n) is 10.7. The van der Waals surface area contributed by atoms with Gasteiger partial charge in [0.05, 0.1) is 34.0 Å². The van der Waals surface area contributed by atoms with Gasteiger partial charge in [0.1, 0.15) is 15.7 Å². The van der Waals surface area contributed by atoms with Gasteiger partial charge in [-0.05, 0) is 36.4 Å². The molecule has 4 nitrogen and oxygen atoms in total. The third-order valence-electron chi connectivity index (χ3n) is 8.25. The van der Waals surface area contributed by atoms with Crippen molar-refractivity contribution in [1.29, 1.82) is 0 Å². The lowest BCUT2D eigenvalue weighted by Gasteiger charge is -2.10. The maximum atomic E-state index is 5.27. The first-order valence-corrected chi connectivity index (χ1v) is 15.2. The Morgan fingerprint density at radius 2 is 1.09 bits per heavy atom. The monoisotopic (exact) mass is 568 g/mol. The van der Waals surface area contributed by atoms with Gasteiger partial charge in [-0.2, -0.15) is 0 Å². The molecule has 0 aliphatic carbocycles. The molecule has 43 heavy (non-hydrogen) atoms. The number of hydrogen-bond donors (Lipinski definition) is 0. The molecule has 0 saturated carbocycles. The molecule has 9 rings (SSSR count). The zero-order valence-electron chi connectivity index (χ0n) is 23.1. The average molecular weight is 569 g/mol. The van der Waals surface area contributed by atoms with Crippen LogP contribution in [0.3, 0.4) is 0 Å². The van der Waals surface area contributed by atoms with E-state index in [-0.39, 0.29) is 0 Å². The molecule has 202 valence electrons. The zero-order chi connectivity index (χ0) is 28.3. The summed E-state index contributed by atoms with van der Waals surface area (Å²) in [5, 5.41) is 7.03. The molecule has 0 aliphatic rings. The summed E-state index contributed by atoms with van der Waals surface area (Å²) in [6.07, 6.45) is 3.77. The summed E-state index contributed by atoms with van der Waals surface area (Å²) in [7, 11) is 0. The molecule has 5 aromatic carbocycles. The van der Waals surface area contributed by atoms with Crippen LogP contribution in [0, 0.1) is 0 Å². The molecule has 4 heterocycles. The number of aromatic nitrogens is 4. The Balaban J connectivity index is 1.43. The fourth-order valence-corrected chi connectivity index (χ4v) is 7.49. The summed E-state index contributed by atoms with van der Waals surface area (Å²) in [4.78, 5) is 9.73.